The van der Waals surface area contributed by atoms with Crippen LogP contribution in [-0.2, 0) is 22.6 Å². The van der Waals surface area contributed by atoms with Crippen LogP contribution in [0.3, 0.4) is 0 Å². The van der Waals surface area contributed by atoms with Crippen LogP contribution >= 0.6 is 34.5 Å². The first-order valence-electron chi connectivity index (χ1n) is 11.9. The summed E-state index contributed by atoms with van der Waals surface area (Å²) in [5.74, 6) is -0.148. The Labute approximate surface area is 225 Å². The summed E-state index contributed by atoms with van der Waals surface area (Å²) >= 11 is 14.2. The van der Waals surface area contributed by atoms with E-state index >= 15 is 0 Å². The number of urea groups is 1. The summed E-state index contributed by atoms with van der Waals surface area (Å²) in [7, 11) is 0. The number of nitrogens with zero attached hydrogens (tertiary/aromatic N) is 2. The first-order chi connectivity index (χ1) is 17.4. The number of rotatable bonds is 9. The van der Waals surface area contributed by atoms with Gasteiger partial charge in [-0.15, -0.1) is 11.3 Å². The van der Waals surface area contributed by atoms with Gasteiger partial charge < -0.3 is 19.9 Å². The molecule has 9 heteroatoms. The largest absolute Gasteiger partial charge is 0.376 e. The molecule has 0 unspecified atom stereocenters. The molecule has 1 N–H and O–H groups in total. The molecule has 0 radical (unpaired) electrons. The maximum Gasteiger partial charge on any atom is 0.322 e. The lowest BCUT2D eigenvalue weighted by atomic mass is 10.2. The van der Waals surface area contributed by atoms with Crippen molar-refractivity contribution in [2.75, 3.05) is 25.0 Å². The molecule has 6 nitrogen and oxygen atoms in total. The van der Waals surface area contributed by atoms with E-state index < -0.39 is 6.03 Å². The molecule has 0 saturated carbocycles. The maximum atomic E-state index is 13.7. The second-order valence-corrected chi connectivity index (χ2v) is 10.6. The molecule has 1 aliphatic heterocycles. The lowest BCUT2D eigenvalue weighted by Gasteiger charge is -2.29. The Bertz CT molecular complexity index is 1160. The van der Waals surface area contributed by atoms with Gasteiger partial charge >= 0.3 is 6.03 Å². The first kappa shape index (κ1) is 26.5. The summed E-state index contributed by atoms with van der Waals surface area (Å²) < 4.78 is 5.77. The Morgan fingerprint density at radius 2 is 1.78 bits per heavy atom. The molecular formula is C27H29Cl2N3O3S. The minimum Gasteiger partial charge on any atom is -0.376 e. The Morgan fingerprint density at radius 1 is 1.03 bits per heavy atom. The topological polar surface area (TPSA) is 61.9 Å². The van der Waals surface area contributed by atoms with E-state index in [2.05, 4.69) is 11.4 Å². The number of thiophene rings is 1. The van der Waals surface area contributed by atoms with Crippen molar-refractivity contribution in [1.82, 2.24) is 9.80 Å². The van der Waals surface area contributed by atoms with Crippen LogP contribution in [0.25, 0.3) is 0 Å². The van der Waals surface area contributed by atoms with E-state index in [1.54, 1.807) is 34.4 Å². The number of para-hydroxylation sites is 1. The minimum absolute atomic E-state index is 0.0922. The lowest BCUT2D eigenvalue weighted by Crippen LogP contribution is -2.46. The number of aryl methyl sites for hydroxylation is 1. The van der Waals surface area contributed by atoms with E-state index in [1.165, 1.54) is 4.90 Å². The molecule has 2 heterocycles. The third-order valence-electron chi connectivity index (χ3n) is 6.13. The van der Waals surface area contributed by atoms with Crippen LogP contribution in [0.1, 0.15) is 28.8 Å². The summed E-state index contributed by atoms with van der Waals surface area (Å²) in [5, 5.41) is 5.49. The molecule has 0 bridgehead atoms. The van der Waals surface area contributed by atoms with Crippen LogP contribution < -0.4 is 5.32 Å². The van der Waals surface area contributed by atoms with Gasteiger partial charge in [0.25, 0.3) is 0 Å². The van der Waals surface area contributed by atoms with Gasteiger partial charge in [-0.2, -0.15) is 0 Å². The number of hydrogen-bond donors (Lipinski definition) is 1. The second kappa shape index (κ2) is 12.6. The quantitative estimate of drug-likeness (QED) is 0.329. The third-order valence-corrected chi connectivity index (χ3v) is 7.77. The highest BCUT2D eigenvalue weighted by Gasteiger charge is 2.27. The molecule has 1 saturated heterocycles. The number of ether oxygens (including phenoxy) is 1. The first-order valence-corrected chi connectivity index (χ1v) is 13.5. The Kier molecular flexibility index (Phi) is 9.26. The fourth-order valence-corrected chi connectivity index (χ4v) is 5.51. The fraction of sp³-hybridized carbons (Fsp3) is 0.333. The van der Waals surface area contributed by atoms with Crippen molar-refractivity contribution < 1.29 is 14.3 Å². The molecule has 1 aromatic heterocycles. The zero-order valence-corrected chi connectivity index (χ0v) is 22.4. The van der Waals surface area contributed by atoms with Crippen molar-refractivity contribution in [1.29, 1.82) is 0 Å². The van der Waals surface area contributed by atoms with Gasteiger partial charge in [0, 0.05) is 24.6 Å². The van der Waals surface area contributed by atoms with Crippen LogP contribution in [0.4, 0.5) is 10.5 Å². The SMILES string of the molecule is Cc1ccsc1CN(Cc1ccccc1)C(=O)CN(C[C@@H]1CCCO1)C(=O)Nc1c(Cl)cccc1Cl. The summed E-state index contributed by atoms with van der Waals surface area (Å²) in [6.07, 6.45) is 1.65. The molecular weight excluding hydrogens is 517 g/mol. The summed E-state index contributed by atoms with van der Waals surface area (Å²) in [4.78, 5) is 31.5. The molecule has 0 aliphatic carbocycles. The van der Waals surface area contributed by atoms with E-state index in [-0.39, 0.29) is 18.6 Å². The average Bonchev–Trinajstić information content (AvgIpc) is 3.53. The molecule has 1 aliphatic rings. The van der Waals surface area contributed by atoms with Gasteiger partial charge in [-0.25, -0.2) is 4.79 Å². The van der Waals surface area contributed by atoms with E-state index in [9.17, 15) is 9.59 Å². The maximum absolute atomic E-state index is 13.7. The van der Waals surface area contributed by atoms with Gasteiger partial charge in [-0.05, 0) is 54.5 Å². The Morgan fingerprint density at radius 3 is 2.42 bits per heavy atom. The molecule has 1 atom stereocenters. The normalized spacial score (nSPS) is 15.0. The highest BCUT2D eigenvalue weighted by Crippen LogP contribution is 2.30. The molecule has 3 aromatic rings. The number of hydrogen-bond acceptors (Lipinski definition) is 4. The lowest BCUT2D eigenvalue weighted by molar-refractivity contribution is -0.133. The summed E-state index contributed by atoms with van der Waals surface area (Å²) in [6, 6.07) is 16.5. The van der Waals surface area contributed by atoms with Gasteiger partial charge in [-0.3, -0.25) is 4.79 Å². The predicted molar refractivity (Wildman–Crippen MR) is 146 cm³/mol. The van der Waals surface area contributed by atoms with E-state index in [0.717, 1.165) is 28.8 Å². The fourth-order valence-electron chi connectivity index (χ4n) is 4.10. The molecule has 2 aromatic carbocycles. The van der Waals surface area contributed by atoms with Crippen LogP contribution in [0, 0.1) is 6.92 Å². The number of benzene rings is 2. The smallest absolute Gasteiger partial charge is 0.322 e. The Hall–Kier alpha value is -2.58. The van der Waals surface area contributed by atoms with Crippen LogP contribution in [0.15, 0.2) is 60.0 Å². The number of anilines is 1. The average molecular weight is 547 g/mol. The van der Waals surface area contributed by atoms with Gasteiger partial charge in [0.1, 0.15) is 6.54 Å². The highest BCUT2D eigenvalue weighted by molar-refractivity contribution is 7.10. The number of nitrogens with one attached hydrogen (secondary N) is 1. The summed E-state index contributed by atoms with van der Waals surface area (Å²) in [5.41, 5.74) is 2.50. The molecule has 36 heavy (non-hydrogen) atoms. The minimum atomic E-state index is -0.444. The van der Waals surface area contributed by atoms with Crippen molar-refractivity contribution >= 4 is 52.2 Å². The van der Waals surface area contributed by atoms with Gasteiger partial charge in [0.15, 0.2) is 0 Å². The van der Waals surface area contributed by atoms with E-state index in [1.807, 2.05) is 42.6 Å². The number of amides is 3. The van der Waals surface area contributed by atoms with E-state index in [4.69, 9.17) is 27.9 Å². The molecule has 3 amide bonds. The van der Waals surface area contributed by atoms with Crippen molar-refractivity contribution in [3.8, 4) is 0 Å². The summed E-state index contributed by atoms with van der Waals surface area (Å²) in [6.45, 7) is 3.83. The van der Waals surface area contributed by atoms with Gasteiger partial charge in [0.05, 0.1) is 28.4 Å². The van der Waals surface area contributed by atoms with Crippen molar-refractivity contribution in [3.05, 3.63) is 86.0 Å². The third kappa shape index (κ3) is 7.01. The van der Waals surface area contributed by atoms with Gasteiger partial charge in [0.2, 0.25) is 5.91 Å². The van der Waals surface area contributed by atoms with Crippen molar-refractivity contribution in [2.24, 2.45) is 0 Å². The monoisotopic (exact) mass is 545 g/mol. The van der Waals surface area contributed by atoms with Gasteiger partial charge in [-0.1, -0.05) is 59.6 Å². The van der Waals surface area contributed by atoms with Crippen molar-refractivity contribution in [3.63, 3.8) is 0 Å². The highest BCUT2D eigenvalue weighted by atomic mass is 35.5. The molecule has 0 spiro atoms. The second-order valence-electron chi connectivity index (χ2n) is 8.80. The number of carbonyl (C=O) groups excluding carboxylic acids is 2. The van der Waals surface area contributed by atoms with Crippen LogP contribution in [0.5, 0.6) is 0 Å². The molecule has 190 valence electrons. The zero-order chi connectivity index (χ0) is 25.5. The zero-order valence-electron chi connectivity index (χ0n) is 20.1. The van der Waals surface area contributed by atoms with Crippen LogP contribution in [-0.4, -0.2) is 47.5 Å². The van der Waals surface area contributed by atoms with Crippen LogP contribution in [0.2, 0.25) is 10.0 Å². The number of halogens is 2. The number of carbonyl (C=O) groups is 2. The standard InChI is InChI=1S/C27H29Cl2N3O3S/c1-19-12-14-36-24(19)17-31(15-20-7-3-2-4-8-20)25(33)18-32(16-21-9-6-13-35-21)27(34)30-26-22(28)10-5-11-23(26)29/h2-5,7-8,10-12,14,21H,6,9,13,15-18H2,1H3,(H,30,34)/t21-/m0/s1. The van der Waals surface area contributed by atoms with Crippen molar-refractivity contribution in [2.45, 2.75) is 39.0 Å². The predicted octanol–water partition coefficient (Wildman–Crippen LogP) is 6.61. The molecule has 4 rings (SSSR count). The Balaban J connectivity index is 1.54. The molecule has 1 fully saturated rings. The van der Waals surface area contributed by atoms with E-state index in [0.29, 0.717) is 42.0 Å².